The number of carbonyl (C=O) groups excluding carboxylic acids is 1. The van der Waals surface area contributed by atoms with E-state index in [2.05, 4.69) is 46.6 Å². The van der Waals surface area contributed by atoms with Gasteiger partial charge in [0, 0.05) is 39.3 Å². The number of rotatable bonds is 4. The highest BCUT2D eigenvalue weighted by Gasteiger charge is 2.31. The highest BCUT2D eigenvalue weighted by Crippen LogP contribution is 2.27. The molecule has 2 amide bonds. The molecule has 8 heteroatoms. The lowest BCUT2D eigenvalue weighted by Gasteiger charge is -2.31. The molecule has 0 radical (unpaired) electrons. The van der Waals surface area contributed by atoms with Crippen molar-refractivity contribution >= 4 is 6.03 Å². The van der Waals surface area contributed by atoms with Crippen LogP contribution in [0, 0.1) is 5.92 Å². The summed E-state index contributed by atoms with van der Waals surface area (Å²) in [6, 6.07) is 0.162. The van der Waals surface area contributed by atoms with E-state index >= 15 is 0 Å². The van der Waals surface area contributed by atoms with E-state index in [4.69, 9.17) is 4.52 Å². The summed E-state index contributed by atoms with van der Waals surface area (Å²) in [5, 5.41) is 10.6. The second-order valence-corrected chi connectivity index (χ2v) is 7.56. The fourth-order valence-electron chi connectivity index (χ4n) is 3.41. The van der Waals surface area contributed by atoms with Crippen LogP contribution in [0.5, 0.6) is 0 Å². The number of likely N-dealkylation sites (tertiary alicyclic amines) is 1. The van der Waals surface area contributed by atoms with Crippen LogP contribution in [0.3, 0.4) is 0 Å². The van der Waals surface area contributed by atoms with Gasteiger partial charge in [-0.1, -0.05) is 19.0 Å². The van der Waals surface area contributed by atoms with Crippen molar-refractivity contribution in [3.8, 4) is 0 Å². The van der Waals surface area contributed by atoms with Crippen LogP contribution >= 0.6 is 0 Å². The topological polar surface area (TPSA) is 86.5 Å². The Labute approximate surface area is 149 Å². The standard InChI is InChI=1S/C17H30N6O2/c1-12(2)9-19-17(24)23-7-4-5-13(11-23)16-20-15(21-25-16)14-10-18-6-8-22(14)3/h12-14,18H,4-11H2,1-3H3,(H,19,24). The molecule has 3 heterocycles. The first-order valence-electron chi connectivity index (χ1n) is 9.32. The Hall–Kier alpha value is -1.67. The number of amides is 2. The van der Waals surface area contributed by atoms with E-state index in [0.29, 0.717) is 24.9 Å². The van der Waals surface area contributed by atoms with Crippen molar-refractivity contribution in [1.82, 2.24) is 30.6 Å². The Balaban J connectivity index is 1.61. The lowest BCUT2D eigenvalue weighted by atomic mass is 9.98. The van der Waals surface area contributed by atoms with E-state index in [1.807, 2.05) is 4.90 Å². The molecule has 1 aromatic rings. The van der Waals surface area contributed by atoms with Gasteiger partial charge in [-0.05, 0) is 25.8 Å². The summed E-state index contributed by atoms with van der Waals surface area (Å²) in [5.41, 5.74) is 0. The van der Waals surface area contributed by atoms with Crippen molar-refractivity contribution in [3.63, 3.8) is 0 Å². The number of likely N-dealkylation sites (N-methyl/N-ethyl adjacent to an activating group) is 1. The fourth-order valence-corrected chi connectivity index (χ4v) is 3.41. The van der Waals surface area contributed by atoms with Gasteiger partial charge in [0.05, 0.1) is 12.0 Å². The summed E-state index contributed by atoms with van der Waals surface area (Å²) in [6.45, 7) is 9.12. The molecule has 8 nitrogen and oxygen atoms in total. The molecule has 2 aliphatic rings. The zero-order valence-electron chi connectivity index (χ0n) is 15.5. The normalized spacial score (nSPS) is 25.4. The number of hydrogen-bond acceptors (Lipinski definition) is 6. The molecule has 2 unspecified atom stereocenters. The number of carbonyl (C=O) groups is 1. The molecule has 2 N–H and O–H groups in total. The maximum atomic E-state index is 12.3. The van der Waals surface area contributed by atoms with Gasteiger partial charge < -0.3 is 20.1 Å². The van der Waals surface area contributed by atoms with Crippen LogP contribution < -0.4 is 10.6 Å². The molecule has 140 valence electrons. The SMILES string of the molecule is CC(C)CNC(=O)N1CCCC(c2nc(C3CNCCN3C)no2)C1. The number of aromatic nitrogens is 2. The van der Waals surface area contributed by atoms with E-state index in [-0.39, 0.29) is 18.0 Å². The van der Waals surface area contributed by atoms with Gasteiger partial charge in [0.2, 0.25) is 5.89 Å². The summed E-state index contributed by atoms with van der Waals surface area (Å²) in [6.07, 6.45) is 1.94. The Morgan fingerprint density at radius 3 is 3.04 bits per heavy atom. The number of hydrogen-bond donors (Lipinski definition) is 2. The lowest BCUT2D eigenvalue weighted by molar-refractivity contribution is 0.170. The quantitative estimate of drug-likeness (QED) is 0.848. The van der Waals surface area contributed by atoms with Crippen molar-refractivity contribution in [2.45, 2.75) is 38.6 Å². The first-order chi connectivity index (χ1) is 12.0. The van der Waals surface area contributed by atoms with Gasteiger partial charge in [0.25, 0.3) is 0 Å². The lowest BCUT2D eigenvalue weighted by Crippen LogP contribution is -2.46. The first kappa shape index (κ1) is 18.1. The van der Waals surface area contributed by atoms with Gasteiger partial charge in [-0.3, -0.25) is 4.90 Å². The molecule has 0 saturated carbocycles. The minimum atomic E-state index is 0.00866. The van der Waals surface area contributed by atoms with Gasteiger partial charge in [-0.15, -0.1) is 0 Å². The van der Waals surface area contributed by atoms with Crippen molar-refractivity contribution in [2.24, 2.45) is 5.92 Å². The molecule has 0 bridgehead atoms. The Morgan fingerprint density at radius 1 is 1.44 bits per heavy atom. The van der Waals surface area contributed by atoms with Gasteiger partial charge >= 0.3 is 6.03 Å². The molecule has 2 fully saturated rings. The fraction of sp³-hybridized carbons (Fsp3) is 0.824. The van der Waals surface area contributed by atoms with Crippen LogP contribution in [0.2, 0.25) is 0 Å². The molecule has 25 heavy (non-hydrogen) atoms. The van der Waals surface area contributed by atoms with E-state index in [0.717, 1.165) is 44.8 Å². The van der Waals surface area contributed by atoms with Crippen LogP contribution in [-0.2, 0) is 0 Å². The molecular formula is C17H30N6O2. The molecule has 2 saturated heterocycles. The predicted octanol–water partition coefficient (Wildman–Crippen LogP) is 1.19. The van der Waals surface area contributed by atoms with Gasteiger partial charge in [0.1, 0.15) is 0 Å². The molecular weight excluding hydrogens is 320 g/mol. The monoisotopic (exact) mass is 350 g/mol. The number of nitrogens with zero attached hydrogens (tertiary/aromatic N) is 4. The zero-order valence-corrected chi connectivity index (χ0v) is 15.5. The van der Waals surface area contributed by atoms with Gasteiger partial charge in [-0.25, -0.2) is 4.79 Å². The summed E-state index contributed by atoms with van der Waals surface area (Å²) >= 11 is 0. The van der Waals surface area contributed by atoms with Crippen molar-refractivity contribution in [2.75, 3.05) is 46.3 Å². The van der Waals surface area contributed by atoms with E-state index < -0.39 is 0 Å². The minimum absolute atomic E-state index is 0.00866. The van der Waals surface area contributed by atoms with E-state index in [1.165, 1.54) is 0 Å². The number of nitrogens with one attached hydrogen (secondary N) is 2. The second-order valence-electron chi connectivity index (χ2n) is 7.56. The van der Waals surface area contributed by atoms with Crippen molar-refractivity contribution < 1.29 is 9.32 Å². The molecule has 3 rings (SSSR count). The third kappa shape index (κ3) is 4.49. The third-order valence-electron chi connectivity index (χ3n) is 4.99. The average Bonchev–Trinajstić information content (AvgIpc) is 3.10. The highest BCUT2D eigenvalue weighted by atomic mass is 16.5. The maximum Gasteiger partial charge on any atom is 0.317 e. The molecule has 2 aliphatic heterocycles. The largest absolute Gasteiger partial charge is 0.339 e. The van der Waals surface area contributed by atoms with Crippen LogP contribution in [0.4, 0.5) is 4.79 Å². The van der Waals surface area contributed by atoms with E-state index in [1.54, 1.807) is 0 Å². The second kappa shape index (κ2) is 8.14. The van der Waals surface area contributed by atoms with Gasteiger partial charge in [0.15, 0.2) is 5.82 Å². The summed E-state index contributed by atoms with van der Waals surface area (Å²) < 4.78 is 5.56. The van der Waals surface area contributed by atoms with Crippen molar-refractivity contribution in [3.05, 3.63) is 11.7 Å². The van der Waals surface area contributed by atoms with E-state index in [9.17, 15) is 4.79 Å². The average molecular weight is 350 g/mol. The zero-order chi connectivity index (χ0) is 17.8. The van der Waals surface area contributed by atoms with Crippen LogP contribution in [-0.4, -0.2) is 72.3 Å². The van der Waals surface area contributed by atoms with Crippen molar-refractivity contribution in [1.29, 1.82) is 0 Å². The summed E-state index contributed by atoms with van der Waals surface area (Å²) in [7, 11) is 2.09. The maximum absolute atomic E-state index is 12.3. The molecule has 0 spiro atoms. The third-order valence-corrected chi connectivity index (χ3v) is 4.99. The smallest absolute Gasteiger partial charge is 0.317 e. The number of piperazine rings is 1. The molecule has 0 aromatic carbocycles. The Kier molecular flexibility index (Phi) is 5.90. The summed E-state index contributed by atoms with van der Waals surface area (Å²) in [4.78, 5) is 21.1. The number of piperidine rings is 1. The molecule has 0 aliphatic carbocycles. The number of urea groups is 1. The predicted molar refractivity (Wildman–Crippen MR) is 94.3 cm³/mol. The van der Waals surface area contributed by atoms with Crippen LogP contribution in [0.15, 0.2) is 4.52 Å². The van der Waals surface area contributed by atoms with Gasteiger partial charge in [-0.2, -0.15) is 4.98 Å². The minimum Gasteiger partial charge on any atom is -0.339 e. The highest BCUT2D eigenvalue weighted by molar-refractivity contribution is 5.74. The molecule has 2 atom stereocenters. The molecule has 1 aromatic heterocycles. The Bertz CT molecular complexity index is 575. The Morgan fingerprint density at radius 2 is 2.28 bits per heavy atom. The first-order valence-corrected chi connectivity index (χ1v) is 9.32. The van der Waals surface area contributed by atoms with Crippen LogP contribution in [0.25, 0.3) is 0 Å². The van der Waals surface area contributed by atoms with Crippen LogP contribution in [0.1, 0.15) is 50.4 Å². The summed E-state index contributed by atoms with van der Waals surface area (Å²) in [5.74, 6) is 1.98.